The third-order valence-corrected chi connectivity index (χ3v) is 4.02. The Labute approximate surface area is 158 Å². The van der Waals surface area contributed by atoms with Crippen LogP contribution in [0.25, 0.3) is 0 Å². The van der Waals surface area contributed by atoms with E-state index in [9.17, 15) is 13.2 Å². The quantitative estimate of drug-likeness (QED) is 0.596. The van der Waals surface area contributed by atoms with Crippen LogP contribution >= 0.6 is 0 Å². The van der Waals surface area contributed by atoms with E-state index in [1.165, 1.54) is 23.3 Å². The van der Waals surface area contributed by atoms with Gasteiger partial charge in [0.05, 0.1) is 5.56 Å². The molecule has 0 aliphatic rings. The van der Waals surface area contributed by atoms with Crippen LogP contribution in [-0.4, -0.2) is 32.0 Å². The van der Waals surface area contributed by atoms with Gasteiger partial charge in [-0.25, -0.2) is 0 Å². The van der Waals surface area contributed by atoms with Crippen molar-refractivity contribution in [2.24, 2.45) is 4.99 Å². The van der Waals surface area contributed by atoms with E-state index >= 15 is 0 Å². The molecule has 146 valence electrons. The molecule has 0 heterocycles. The number of nitrogens with zero attached hydrogens (tertiary/aromatic N) is 2. The molecule has 0 fully saturated rings. The monoisotopic (exact) mass is 378 g/mol. The molecule has 0 saturated carbocycles. The first kappa shape index (κ1) is 20.8. The van der Waals surface area contributed by atoms with Crippen LogP contribution in [0, 0.1) is 0 Å². The molecule has 0 bridgehead atoms. The highest BCUT2D eigenvalue weighted by Crippen LogP contribution is 2.29. The largest absolute Gasteiger partial charge is 0.416 e. The molecule has 0 unspecified atom stereocenters. The Morgan fingerprint density at radius 3 is 2.07 bits per heavy atom. The fourth-order valence-electron chi connectivity index (χ4n) is 2.62. The first-order valence-electron chi connectivity index (χ1n) is 8.61. The van der Waals surface area contributed by atoms with Crippen molar-refractivity contribution < 1.29 is 13.2 Å². The molecule has 0 spiro atoms. The summed E-state index contributed by atoms with van der Waals surface area (Å²) in [7, 11) is 5.71. The first-order valence-corrected chi connectivity index (χ1v) is 8.61. The van der Waals surface area contributed by atoms with Crippen LogP contribution in [0.3, 0.4) is 0 Å². The molecule has 0 radical (unpaired) electrons. The Morgan fingerprint density at radius 2 is 1.52 bits per heavy atom. The van der Waals surface area contributed by atoms with E-state index in [2.05, 4.69) is 32.7 Å². The Bertz CT molecular complexity index is 753. The van der Waals surface area contributed by atoms with Gasteiger partial charge >= 0.3 is 6.18 Å². The molecule has 27 heavy (non-hydrogen) atoms. The number of aliphatic imine (C=N–C) groups is 1. The number of halogens is 3. The van der Waals surface area contributed by atoms with E-state index in [0.29, 0.717) is 19.0 Å². The predicted molar refractivity (Wildman–Crippen MR) is 102 cm³/mol. The van der Waals surface area contributed by atoms with Crippen LogP contribution in [0.2, 0.25) is 0 Å². The molecule has 0 saturated heterocycles. The van der Waals surface area contributed by atoms with Crippen molar-refractivity contribution >= 4 is 5.96 Å². The van der Waals surface area contributed by atoms with Crippen LogP contribution in [0.4, 0.5) is 13.2 Å². The van der Waals surface area contributed by atoms with E-state index in [1.807, 2.05) is 26.2 Å². The minimum atomic E-state index is -4.32. The molecule has 0 atom stereocenters. The maximum atomic E-state index is 12.6. The highest BCUT2D eigenvalue weighted by atomic mass is 19.4. The minimum absolute atomic E-state index is 0.386. The van der Waals surface area contributed by atoms with Gasteiger partial charge in [0.25, 0.3) is 0 Å². The Kier molecular flexibility index (Phi) is 7.24. The second-order valence-electron chi connectivity index (χ2n) is 6.48. The van der Waals surface area contributed by atoms with Crippen molar-refractivity contribution in [3.8, 4) is 0 Å². The summed E-state index contributed by atoms with van der Waals surface area (Å²) in [5.74, 6) is 0.592. The van der Waals surface area contributed by atoms with E-state index < -0.39 is 11.7 Å². The lowest BCUT2D eigenvalue weighted by atomic mass is 10.1. The topological polar surface area (TPSA) is 39.7 Å². The lowest BCUT2D eigenvalue weighted by molar-refractivity contribution is -0.137. The van der Waals surface area contributed by atoms with Gasteiger partial charge < -0.3 is 15.5 Å². The summed E-state index contributed by atoms with van der Waals surface area (Å²) in [5, 5.41) is 6.37. The van der Waals surface area contributed by atoms with Gasteiger partial charge in [0.2, 0.25) is 0 Å². The zero-order chi connectivity index (χ0) is 19.9. The van der Waals surface area contributed by atoms with Gasteiger partial charge in [0.1, 0.15) is 0 Å². The first-order chi connectivity index (χ1) is 12.8. The Hall–Kier alpha value is -2.54. The predicted octanol–water partition coefficient (Wildman–Crippen LogP) is 3.63. The third-order valence-electron chi connectivity index (χ3n) is 4.02. The second-order valence-corrected chi connectivity index (χ2v) is 6.48. The smallest absolute Gasteiger partial charge is 0.352 e. The van der Waals surface area contributed by atoms with E-state index in [-0.39, 0.29) is 0 Å². The van der Waals surface area contributed by atoms with Gasteiger partial charge in [-0.3, -0.25) is 4.99 Å². The summed E-state index contributed by atoms with van der Waals surface area (Å²) < 4.78 is 37.8. The summed E-state index contributed by atoms with van der Waals surface area (Å²) in [6, 6.07) is 13.3. The maximum Gasteiger partial charge on any atom is 0.416 e. The maximum absolute atomic E-state index is 12.6. The summed E-state index contributed by atoms with van der Waals surface area (Å²) in [5.41, 5.74) is 2.50. The van der Waals surface area contributed by atoms with Crippen molar-refractivity contribution in [2.45, 2.75) is 25.8 Å². The average Bonchev–Trinajstić information content (AvgIpc) is 2.62. The van der Waals surface area contributed by atoms with Gasteiger partial charge in [0, 0.05) is 26.7 Å². The molecule has 0 aromatic heterocycles. The molecule has 2 aromatic rings. The summed E-state index contributed by atoms with van der Waals surface area (Å²) >= 11 is 0. The highest BCUT2D eigenvalue weighted by molar-refractivity contribution is 5.79. The van der Waals surface area contributed by atoms with Gasteiger partial charge in [-0.15, -0.1) is 0 Å². The van der Waals surface area contributed by atoms with Gasteiger partial charge in [-0.2, -0.15) is 13.2 Å². The molecule has 7 heteroatoms. The normalized spacial score (nSPS) is 12.3. The molecule has 2 aromatic carbocycles. The van der Waals surface area contributed by atoms with E-state index in [4.69, 9.17) is 0 Å². The second kappa shape index (κ2) is 9.41. The number of hydrogen-bond acceptors (Lipinski definition) is 2. The van der Waals surface area contributed by atoms with Crippen molar-refractivity contribution in [3.05, 3.63) is 70.8 Å². The lowest BCUT2D eigenvalue weighted by Gasteiger charge is -2.16. The van der Waals surface area contributed by atoms with E-state index in [1.54, 1.807) is 7.05 Å². The van der Waals surface area contributed by atoms with Crippen molar-refractivity contribution in [1.29, 1.82) is 0 Å². The number of benzene rings is 2. The van der Waals surface area contributed by atoms with Gasteiger partial charge in [0.15, 0.2) is 5.96 Å². The summed E-state index contributed by atoms with van der Waals surface area (Å²) in [6.45, 7) is 1.84. The molecule has 4 nitrogen and oxygen atoms in total. The molecule has 2 N–H and O–H groups in total. The lowest BCUT2D eigenvalue weighted by Crippen LogP contribution is -2.36. The zero-order valence-electron chi connectivity index (χ0n) is 15.8. The fraction of sp³-hybridized carbons (Fsp3) is 0.350. The van der Waals surface area contributed by atoms with Gasteiger partial charge in [-0.1, -0.05) is 36.4 Å². The standard InChI is InChI=1S/C20H25F3N4/c1-24-19(25-12-15-8-10-18(11-9-15)20(21,22)23)26-13-16-6-4-5-7-17(16)14-27(2)3/h4-11H,12-14H2,1-3H3,(H2,24,25,26). The SMILES string of the molecule is CN=C(NCc1ccc(C(F)(F)F)cc1)NCc1ccccc1CN(C)C. The van der Waals surface area contributed by atoms with Crippen LogP contribution in [-0.2, 0) is 25.8 Å². The van der Waals surface area contributed by atoms with Crippen molar-refractivity contribution in [1.82, 2.24) is 15.5 Å². The Morgan fingerprint density at radius 1 is 0.926 bits per heavy atom. The molecule has 2 rings (SSSR count). The third kappa shape index (κ3) is 6.60. The molecular weight excluding hydrogens is 353 g/mol. The zero-order valence-corrected chi connectivity index (χ0v) is 15.8. The van der Waals surface area contributed by atoms with E-state index in [0.717, 1.165) is 24.2 Å². The molecule has 0 aliphatic carbocycles. The molecule has 0 amide bonds. The van der Waals surface area contributed by atoms with Crippen molar-refractivity contribution in [3.63, 3.8) is 0 Å². The average molecular weight is 378 g/mol. The number of hydrogen-bond donors (Lipinski definition) is 2. The number of rotatable bonds is 6. The summed E-state index contributed by atoms with van der Waals surface area (Å²) in [6.07, 6.45) is -4.32. The van der Waals surface area contributed by atoms with Crippen molar-refractivity contribution in [2.75, 3.05) is 21.1 Å². The van der Waals surface area contributed by atoms with Gasteiger partial charge in [-0.05, 0) is 42.9 Å². The van der Waals surface area contributed by atoms with Crippen LogP contribution in [0.1, 0.15) is 22.3 Å². The molecule has 0 aliphatic heterocycles. The minimum Gasteiger partial charge on any atom is -0.352 e. The van der Waals surface area contributed by atoms with Crippen LogP contribution in [0.15, 0.2) is 53.5 Å². The Balaban J connectivity index is 1.92. The number of nitrogens with one attached hydrogen (secondary N) is 2. The summed E-state index contributed by atoms with van der Waals surface area (Å²) in [4.78, 5) is 6.28. The van der Waals surface area contributed by atoms with Crippen LogP contribution < -0.4 is 10.6 Å². The van der Waals surface area contributed by atoms with Crippen LogP contribution in [0.5, 0.6) is 0 Å². The fourth-order valence-corrected chi connectivity index (χ4v) is 2.62. The molecular formula is C20H25F3N4. The number of guanidine groups is 1. The number of alkyl halides is 3. The highest BCUT2D eigenvalue weighted by Gasteiger charge is 2.29.